The zero-order valence-electron chi connectivity index (χ0n) is 14.2. The summed E-state index contributed by atoms with van der Waals surface area (Å²) in [5.74, 6) is -0.266. The molecule has 1 heterocycles. The van der Waals surface area contributed by atoms with Crippen LogP contribution in [0.25, 0.3) is 0 Å². The molecule has 1 aromatic heterocycles. The fraction of sp³-hybridized carbons (Fsp3) is 0.231. The average Bonchev–Trinajstić information content (AvgIpc) is 2.56. The summed E-state index contributed by atoms with van der Waals surface area (Å²) in [4.78, 5) is 7.67. The molecule has 0 amide bonds. The average molecular weight is 453 g/mol. The van der Waals surface area contributed by atoms with Crippen LogP contribution < -0.4 is 18.9 Å². The van der Waals surface area contributed by atoms with Gasteiger partial charge in [-0.2, -0.15) is 31.6 Å². The van der Waals surface area contributed by atoms with Gasteiger partial charge in [-0.3, -0.25) is 4.72 Å². The van der Waals surface area contributed by atoms with E-state index < -0.39 is 21.2 Å². The number of hydrogen-bond donors (Lipinski definition) is 1. The molecule has 0 aliphatic carbocycles. The zero-order valence-corrected chi connectivity index (χ0v) is 18.9. The van der Waals surface area contributed by atoms with E-state index in [1.165, 1.54) is 43.2 Å². The number of halogens is 4. The maximum absolute atomic E-state index is 12.6. The molecule has 0 spiro atoms. The first-order valence-electron chi connectivity index (χ1n) is 6.60. The summed E-state index contributed by atoms with van der Waals surface area (Å²) in [6.07, 6.45) is 0. The Hall–Kier alpha value is -0.834. The fourth-order valence-corrected chi connectivity index (χ4v) is 2.48. The van der Waals surface area contributed by atoms with Gasteiger partial charge >= 0.3 is 21.5 Å². The van der Waals surface area contributed by atoms with Crippen LogP contribution in [0.5, 0.6) is 23.5 Å². The van der Waals surface area contributed by atoms with E-state index in [0.29, 0.717) is 0 Å². The standard InChI is InChI=1S/C13H11ClF3N3O5S.K/c1-23-9-6-10(24-2)19-12(18-9)25-8-5-3-4-7(14)11(8)20-26(21,22)13(15,16)17;/h3-6,20H,1-2H3;. The van der Waals surface area contributed by atoms with E-state index in [9.17, 15) is 21.6 Å². The number of ether oxygens (including phenoxy) is 3. The largest absolute Gasteiger partial charge is 0.516 e. The molecule has 0 bridgehead atoms. The fourth-order valence-electron chi connectivity index (χ4n) is 1.62. The Morgan fingerprint density at radius 3 is 2.15 bits per heavy atom. The van der Waals surface area contributed by atoms with Crippen molar-refractivity contribution in [3.63, 3.8) is 0 Å². The summed E-state index contributed by atoms with van der Waals surface area (Å²) < 4.78 is 77.0. The number of hydrogen-bond acceptors (Lipinski definition) is 7. The van der Waals surface area contributed by atoms with Gasteiger partial charge in [0.25, 0.3) is 0 Å². The van der Waals surface area contributed by atoms with Crippen LogP contribution in [-0.4, -0.2) is 89.5 Å². The molecule has 0 fully saturated rings. The van der Waals surface area contributed by atoms with Crippen molar-refractivity contribution in [2.75, 3.05) is 18.9 Å². The molecular weight excluding hydrogens is 442 g/mol. The van der Waals surface area contributed by atoms with Gasteiger partial charge in [-0.05, 0) is 12.1 Å². The third-order valence-corrected chi connectivity index (χ3v) is 4.19. The van der Waals surface area contributed by atoms with Crippen LogP contribution in [0.15, 0.2) is 24.3 Å². The van der Waals surface area contributed by atoms with Gasteiger partial charge in [-0.1, -0.05) is 17.7 Å². The molecule has 0 saturated carbocycles. The summed E-state index contributed by atoms with van der Waals surface area (Å²) in [5.41, 5.74) is -6.17. The van der Waals surface area contributed by atoms with Crippen LogP contribution in [0.3, 0.4) is 0 Å². The van der Waals surface area contributed by atoms with Gasteiger partial charge in [0, 0.05) is 51.4 Å². The SMILES string of the molecule is COc1cc(OC)nc(Oc2cccc(Cl)c2NS(=O)(=O)C(F)(F)F)n1.[K]. The Balaban J connectivity index is 0.00000364. The topological polar surface area (TPSA) is 99.6 Å². The number of rotatable bonds is 6. The number of alkyl halides is 3. The summed E-state index contributed by atoms with van der Waals surface area (Å²) in [5, 5.41) is -0.329. The second-order valence-electron chi connectivity index (χ2n) is 4.50. The molecule has 0 unspecified atom stereocenters. The minimum Gasteiger partial charge on any atom is -0.481 e. The van der Waals surface area contributed by atoms with Crippen LogP contribution in [0, 0.1) is 0 Å². The summed E-state index contributed by atoms with van der Waals surface area (Å²) in [6, 6.07) is 4.65. The summed E-state index contributed by atoms with van der Waals surface area (Å²) in [7, 11) is -3.09. The molecule has 27 heavy (non-hydrogen) atoms. The molecular formula is C13H11ClF3KN3O5S. The third kappa shape index (κ3) is 6.07. The molecule has 0 atom stereocenters. The van der Waals surface area contributed by atoms with Gasteiger partial charge < -0.3 is 14.2 Å². The van der Waals surface area contributed by atoms with Crippen molar-refractivity contribution in [1.29, 1.82) is 0 Å². The number of nitrogens with zero attached hydrogens (tertiary/aromatic N) is 2. The van der Waals surface area contributed by atoms with Gasteiger partial charge in [0.1, 0.15) is 5.69 Å². The Morgan fingerprint density at radius 1 is 1.11 bits per heavy atom. The normalized spacial score (nSPS) is 11.3. The number of aromatic nitrogens is 2. The van der Waals surface area contributed by atoms with Crippen LogP contribution in [0.2, 0.25) is 5.02 Å². The van der Waals surface area contributed by atoms with Gasteiger partial charge in [-0.25, -0.2) is 0 Å². The maximum Gasteiger partial charge on any atom is 0.516 e. The maximum atomic E-state index is 12.6. The van der Waals surface area contributed by atoms with E-state index in [4.69, 9.17) is 25.8 Å². The quantitative estimate of drug-likeness (QED) is 0.673. The van der Waals surface area contributed by atoms with E-state index >= 15 is 0 Å². The predicted octanol–water partition coefficient (Wildman–Crippen LogP) is 2.82. The first kappa shape index (κ1) is 24.2. The Labute approximate surface area is 199 Å². The first-order chi connectivity index (χ1) is 12.1. The molecule has 2 aromatic rings. The van der Waals surface area contributed by atoms with E-state index in [1.54, 1.807) is 0 Å². The van der Waals surface area contributed by atoms with Crippen LogP contribution in [0.1, 0.15) is 0 Å². The Bertz CT molecular complexity index is 892. The molecule has 143 valence electrons. The van der Waals surface area contributed by atoms with E-state index in [2.05, 4.69) is 9.97 Å². The number of nitrogens with one attached hydrogen (secondary N) is 1. The third-order valence-electron chi connectivity index (χ3n) is 2.79. The van der Waals surface area contributed by atoms with Crippen molar-refractivity contribution in [1.82, 2.24) is 9.97 Å². The molecule has 1 aromatic carbocycles. The van der Waals surface area contributed by atoms with Gasteiger partial charge in [0.2, 0.25) is 11.8 Å². The number of sulfonamides is 1. The minimum atomic E-state index is -5.72. The molecule has 8 nitrogen and oxygen atoms in total. The van der Waals surface area contributed by atoms with Crippen molar-refractivity contribution in [3.05, 3.63) is 29.3 Å². The number of anilines is 1. The molecule has 0 aliphatic rings. The van der Waals surface area contributed by atoms with Crippen molar-refractivity contribution in [2.45, 2.75) is 5.51 Å². The number of methoxy groups -OCH3 is 2. The van der Waals surface area contributed by atoms with Gasteiger partial charge in [0.15, 0.2) is 5.75 Å². The van der Waals surface area contributed by atoms with Crippen molar-refractivity contribution in [2.24, 2.45) is 0 Å². The second-order valence-corrected chi connectivity index (χ2v) is 6.58. The van der Waals surface area contributed by atoms with Gasteiger partial charge in [0.05, 0.1) is 25.3 Å². The van der Waals surface area contributed by atoms with Crippen molar-refractivity contribution >= 4 is 78.7 Å². The predicted molar refractivity (Wildman–Crippen MR) is 91.0 cm³/mol. The van der Waals surface area contributed by atoms with Crippen molar-refractivity contribution in [3.8, 4) is 23.5 Å². The smallest absolute Gasteiger partial charge is 0.481 e. The van der Waals surface area contributed by atoms with Crippen LogP contribution >= 0.6 is 11.6 Å². The van der Waals surface area contributed by atoms with E-state index in [-0.39, 0.29) is 79.9 Å². The molecule has 14 heteroatoms. The zero-order chi connectivity index (χ0) is 19.5. The summed E-state index contributed by atoms with van der Waals surface area (Å²) >= 11 is 5.80. The van der Waals surface area contributed by atoms with Crippen LogP contribution in [0.4, 0.5) is 18.9 Å². The molecule has 2 rings (SSSR count). The first-order valence-corrected chi connectivity index (χ1v) is 8.46. The Morgan fingerprint density at radius 2 is 1.67 bits per heavy atom. The van der Waals surface area contributed by atoms with Crippen molar-refractivity contribution < 1.29 is 35.8 Å². The summed E-state index contributed by atoms with van der Waals surface area (Å²) in [6.45, 7) is 0. The Kier molecular flexibility index (Phi) is 8.59. The van der Waals surface area contributed by atoms with Gasteiger partial charge in [-0.15, -0.1) is 0 Å². The van der Waals surface area contributed by atoms with E-state index in [1.807, 2.05) is 0 Å². The van der Waals surface area contributed by atoms with Crippen LogP contribution in [-0.2, 0) is 10.0 Å². The second kappa shape index (κ2) is 9.58. The number of para-hydroxylation sites is 1. The molecule has 0 aliphatic heterocycles. The molecule has 0 saturated heterocycles. The number of benzene rings is 1. The molecule has 1 N–H and O–H groups in total. The monoisotopic (exact) mass is 452 g/mol. The molecule has 1 radical (unpaired) electrons. The minimum absolute atomic E-state index is 0. The van der Waals surface area contributed by atoms with E-state index in [0.717, 1.165) is 0 Å².